The van der Waals surface area contributed by atoms with Gasteiger partial charge in [-0.05, 0) is 18.2 Å². The summed E-state index contributed by atoms with van der Waals surface area (Å²) in [5.74, 6) is -0.716. The molecule has 4 nitrogen and oxygen atoms in total. The third kappa shape index (κ3) is 2.74. The van der Waals surface area contributed by atoms with Crippen molar-refractivity contribution in [1.82, 2.24) is 4.98 Å². The van der Waals surface area contributed by atoms with Gasteiger partial charge in [-0.2, -0.15) is 0 Å². The van der Waals surface area contributed by atoms with Crippen molar-refractivity contribution in [2.75, 3.05) is 4.72 Å². The van der Waals surface area contributed by atoms with Crippen LogP contribution in [-0.2, 0) is 10.0 Å². The Morgan fingerprint density at radius 2 is 2.18 bits per heavy atom. The standard InChI is InChI=1S/C9H6ClFN2O2S2/c10-6-1-2-7(11)8(3-6)17(14,15)13-9-4-16-5-12-9/h1-5,13H. The number of nitrogens with zero attached hydrogens (tertiary/aromatic N) is 1. The smallest absolute Gasteiger partial charge is 0.263 e. The molecule has 0 aliphatic carbocycles. The van der Waals surface area contributed by atoms with Gasteiger partial charge in [0.1, 0.15) is 10.7 Å². The van der Waals surface area contributed by atoms with E-state index in [2.05, 4.69) is 9.71 Å². The number of nitrogens with one attached hydrogen (secondary N) is 1. The molecule has 0 amide bonds. The molecule has 0 saturated carbocycles. The number of rotatable bonds is 3. The van der Waals surface area contributed by atoms with Crippen LogP contribution in [0.4, 0.5) is 10.2 Å². The van der Waals surface area contributed by atoms with Crippen molar-refractivity contribution in [3.63, 3.8) is 0 Å². The Labute approximate surface area is 106 Å². The number of benzene rings is 1. The maximum absolute atomic E-state index is 13.4. The van der Waals surface area contributed by atoms with E-state index in [0.717, 1.165) is 12.1 Å². The van der Waals surface area contributed by atoms with E-state index in [1.165, 1.54) is 28.3 Å². The quantitative estimate of drug-likeness (QED) is 0.946. The lowest BCUT2D eigenvalue weighted by atomic mass is 10.3. The van der Waals surface area contributed by atoms with Crippen molar-refractivity contribution in [2.24, 2.45) is 0 Å². The molecule has 0 aliphatic heterocycles. The van der Waals surface area contributed by atoms with E-state index < -0.39 is 20.7 Å². The molecule has 90 valence electrons. The van der Waals surface area contributed by atoms with E-state index in [0.29, 0.717) is 0 Å². The van der Waals surface area contributed by atoms with Gasteiger partial charge < -0.3 is 0 Å². The van der Waals surface area contributed by atoms with Gasteiger partial charge in [0.25, 0.3) is 10.0 Å². The highest BCUT2D eigenvalue weighted by Crippen LogP contribution is 2.22. The van der Waals surface area contributed by atoms with Gasteiger partial charge >= 0.3 is 0 Å². The second-order valence-electron chi connectivity index (χ2n) is 3.05. The molecular weight excluding hydrogens is 287 g/mol. The van der Waals surface area contributed by atoms with Crippen molar-refractivity contribution in [3.8, 4) is 0 Å². The zero-order valence-corrected chi connectivity index (χ0v) is 10.6. The molecule has 0 bridgehead atoms. The average molecular weight is 293 g/mol. The third-order valence-corrected chi connectivity index (χ3v) is 4.05. The molecule has 2 rings (SSSR count). The van der Waals surface area contributed by atoms with E-state index in [9.17, 15) is 12.8 Å². The number of hydrogen-bond acceptors (Lipinski definition) is 4. The fourth-order valence-corrected chi connectivity index (χ4v) is 3.04. The Morgan fingerprint density at radius 3 is 2.82 bits per heavy atom. The Bertz CT molecular complexity index is 628. The number of sulfonamides is 1. The number of halogens is 2. The minimum absolute atomic E-state index is 0.144. The van der Waals surface area contributed by atoms with Crippen molar-refractivity contribution >= 4 is 38.8 Å². The second kappa shape index (κ2) is 4.59. The normalized spacial score (nSPS) is 11.4. The average Bonchev–Trinajstić information content (AvgIpc) is 2.73. The molecule has 2 aromatic rings. The minimum Gasteiger partial charge on any atom is -0.263 e. The van der Waals surface area contributed by atoms with Crippen LogP contribution in [0, 0.1) is 5.82 Å². The zero-order valence-electron chi connectivity index (χ0n) is 8.22. The van der Waals surface area contributed by atoms with E-state index in [-0.39, 0.29) is 10.8 Å². The van der Waals surface area contributed by atoms with E-state index in [4.69, 9.17) is 11.6 Å². The fraction of sp³-hybridized carbons (Fsp3) is 0. The molecule has 0 unspecified atom stereocenters. The minimum atomic E-state index is -4.00. The highest BCUT2D eigenvalue weighted by Gasteiger charge is 2.20. The van der Waals surface area contributed by atoms with Crippen LogP contribution in [0.5, 0.6) is 0 Å². The summed E-state index contributed by atoms with van der Waals surface area (Å²) in [4.78, 5) is 3.25. The molecule has 1 aromatic carbocycles. The lowest BCUT2D eigenvalue weighted by Crippen LogP contribution is -2.14. The largest absolute Gasteiger partial charge is 0.266 e. The van der Waals surface area contributed by atoms with Crippen molar-refractivity contribution in [1.29, 1.82) is 0 Å². The number of thiazole rings is 1. The molecule has 1 heterocycles. The SMILES string of the molecule is O=S(=O)(Nc1cscn1)c1cc(Cl)ccc1F. The molecule has 0 radical (unpaired) electrons. The molecule has 1 N–H and O–H groups in total. The first kappa shape index (κ1) is 12.3. The van der Waals surface area contributed by atoms with Gasteiger partial charge in [-0.15, -0.1) is 11.3 Å². The lowest BCUT2D eigenvalue weighted by molar-refractivity contribution is 0.570. The molecule has 0 spiro atoms. The topological polar surface area (TPSA) is 59.1 Å². The van der Waals surface area contributed by atoms with Crippen LogP contribution in [0.25, 0.3) is 0 Å². The van der Waals surface area contributed by atoms with E-state index in [1.807, 2.05) is 0 Å². The first-order chi connectivity index (χ1) is 7.99. The van der Waals surface area contributed by atoms with Gasteiger partial charge in [-0.3, -0.25) is 4.72 Å². The van der Waals surface area contributed by atoms with Crippen LogP contribution >= 0.6 is 22.9 Å². The number of aromatic nitrogens is 1. The fourth-order valence-electron chi connectivity index (χ4n) is 1.14. The summed E-state index contributed by atoms with van der Waals surface area (Å²) >= 11 is 6.86. The summed E-state index contributed by atoms with van der Waals surface area (Å²) in [5, 5.41) is 1.64. The molecular formula is C9H6ClFN2O2S2. The summed E-state index contributed by atoms with van der Waals surface area (Å²) in [7, 11) is -4.00. The van der Waals surface area contributed by atoms with Crippen LogP contribution in [0.2, 0.25) is 5.02 Å². The maximum atomic E-state index is 13.4. The summed E-state index contributed by atoms with van der Waals surface area (Å²) < 4.78 is 39.2. The number of hydrogen-bond donors (Lipinski definition) is 1. The van der Waals surface area contributed by atoms with Crippen LogP contribution in [0.15, 0.2) is 34.0 Å². The predicted octanol–water partition coefficient (Wildman–Crippen LogP) is 2.74. The zero-order chi connectivity index (χ0) is 12.5. The van der Waals surface area contributed by atoms with Crippen LogP contribution in [0.1, 0.15) is 0 Å². The Kier molecular flexibility index (Phi) is 3.32. The van der Waals surface area contributed by atoms with Crippen molar-refractivity contribution < 1.29 is 12.8 Å². The summed E-state index contributed by atoms with van der Waals surface area (Å²) in [5.41, 5.74) is 1.46. The maximum Gasteiger partial charge on any atom is 0.266 e. The molecule has 0 fully saturated rings. The highest BCUT2D eigenvalue weighted by atomic mass is 35.5. The molecule has 8 heteroatoms. The van der Waals surface area contributed by atoms with Gasteiger partial charge in [0.05, 0.1) is 5.51 Å². The number of anilines is 1. The van der Waals surface area contributed by atoms with Crippen molar-refractivity contribution in [2.45, 2.75) is 4.90 Å². The van der Waals surface area contributed by atoms with Crippen LogP contribution < -0.4 is 4.72 Å². The Balaban J connectivity index is 2.41. The van der Waals surface area contributed by atoms with E-state index >= 15 is 0 Å². The van der Waals surface area contributed by atoms with Gasteiger partial charge in [0, 0.05) is 10.4 Å². The van der Waals surface area contributed by atoms with E-state index in [1.54, 1.807) is 0 Å². The van der Waals surface area contributed by atoms with Gasteiger partial charge in [-0.1, -0.05) is 11.6 Å². The van der Waals surface area contributed by atoms with Crippen LogP contribution in [0.3, 0.4) is 0 Å². The molecule has 0 atom stereocenters. The van der Waals surface area contributed by atoms with Gasteiger partial charge in [-0.25, -0.2) is 17.8 Å². The van der Waals surface area contributed by atoms with Gasteiger partial charge in [0.15, 0.2) is 5.82 Å². The molecule has 1 aromatic heterocycles. The second-order valence-corrected chi connectivity index (χ2v) is 5.86. The first-order valence-electron chi connectivity index (χ1n) is 4.35. The summed E-state index contributed by atoms with van der Waals surface area (Å²) in [6.45, 7) is 0. The third-order valence-electron chi connectivity index (χ3n) is 1.85. The Morgan fingerprint density at radius 1 is 1.41 bits per heavy atom. The lowest BCUT2D eigenvalue weighted by Gasteiger charge is -2.06. The first-order valence-corrected chi connectivity index (χ1v) is 7.15. The monoisotopic (exact) mass is 292 g/mol. The highest BCUT2D eigenvalue weighted by molar-refractivity contribution is 7.92. The van der Waals surface area contributed by atoms with Gasteiger partial charge in [0.2, 0.25) is 0 Å². The Hall–Kier alpha value is -1.18. The molecule has 0 saturated heterocycles. The van der Waals surface area contributed by atoms with Crippen molar-refractivity contribution in [3.05, 3.63) is 39.9 Å². The van der Waals surface area contributed by atoms with Crippen LogP contribution in [-0.4, -0.2) is 13.4 Å². The predicted molar refractivity (Wildman–Crippen MR) is 64.3 cm³/mol. The molecule has 17 heavy (non-hydrogen) atoms. The summed E-state index contributed by atoms with van der Waals surface area (Å²) in [6.07, 6.45) is 0. The molecule has 0 aliphatic rings. The summed E-state index contributed by atoms with van der Waals surface area (Å²) in [6, 6.07) is 3.32.